The van der Waals surface area contributed by atoms with Gasteiger partial charge in [0.25, 0.3) is 0 Å². The molecular formula is C13H14N2O2S. The zero-order valence-corrected chi connectivity index (χ0v) is 10.8. The zero-order valence-electron chi connectivity index (χ0n) is 9.96. The summed E-state index contributed by atoms with van der Waals surface area (Å²) in [4.78, 5) is 15.6. The molecule has 1 unspecified atom stereocenters. The van der Waals surface area contributed by atoms with Crippen LogP contribution >= 0.6 is 11.3 Å². The lowest BCUT2D eigenvalue weighted by atomic mass is 10.2. The van der Waals surface area contributed by atoms with Crippen LogP contribution in [0.2, 0.25) is 0 Å². The monoisotopic (exact) mass is 262 g/mol. The molecule has 0 bridgehead atoms. The van der Waals surface area contributed by atoms with E-state index in [0.717, 1.165) is 11.3 Å². The molecule has 2 aromatic heterocycles. The lowest BCUT2D eigenvalue weighted by molar-refractivity contribution is 0.0701. The zero-order chi connectivity index (χ0) is 13.0. The Morgan fingerprint density at radius 3 is 3.00 bits per heavy atom. The molecule has 0 aliphatic rings. The third-order valence-electron chi connectivity index (χ3n) is 2.67. The molecule has 0 saturated heterocycles. The fraction of sp³-hybridized carbons (Fsp3) is 0.231. The molecule has 2 N–H and O–H groups in total. The molecule has 0 amide bonds. The molecule has 5 heteroatoms. The summed E-state index contributed by atoms with van der Waals surface area (Å²) in [6.45, 7) is 2.54. The number of aromatic nitrogens is 1. The van der Waals surface area contributed by atoms with Crippen molar-refractivity contribution < 1.29 is 9.90 Å². The number of nitrogens with one attached hydrogen (secondary N) is 1. The fourth-order valence-electron chi connectivity index (χ4n) is 1.66. The minimum absolute atomic E-state index is 0.0905. The van der Waals surface area contributed by atoms with E-state index in [-0.39, 0.29) is 6.04 Å². The normalized spacial score (nSPS) is 12.3. The van der Waals surface area contributed by atoms with Crippen LogP contribution in [0.1, 0.15) is 33.9 Å². The van der Waals surface area contributed by atoms with Gasteiger partial charge in [0.2, 0.25) is 0 Å². The van der Waals surface area contributed by atoms with Crippen LogP contribution in [0.4, 0.5) is 0 Å². The van der Waals surface area contributed by atoms with Crippen molar-refractivity contribution in [2.75, 3.05) is 0 Å². The van der Waals surface area contributed by atoms with Crippen LogP contribution in [-0.2, 0) is 6.54 Å². The van der Waals surface area contributed by atoms with E-state index in [1.54, 1.807) is 11.6 Å². The summed E-state index contributed by atoms with van der Waals surface area (Å²) in [6.07, 6.45) is 1.75. The minimum atomic E-state index is -0.868. The van der Waals surface area contributed by atoms with E-state index in [2.05, 4.69) is 10.3 Å². The summed E-state index contributed by atoms with van der Waals surface area (Å²) in [6, 6.07) is 7.69. The highest BCUT2D eigenvalue weighted by Gasteiger charge is 2.12. The maximum atomic E-state index is 11.0. The van der Waals surface area contributed by atoms with Crippen molar-refractivity contribution in [1.29, 1.82) is 0 Å². The first-order valence-electron chi connectivity index (χ1n) is 5.62. The van der Waals surface area contributed by atoms with Crippen LogP contribution in [0.25, 0.3) is 0 Å². The fourth-order valence-corrected chi connectivity index (χ4v) is 2.42. The van der Waals surface area contributed by atoms with Crippen molar-refractivity contribution in [3.05, 3.63) is 52.0 Å². The number of rotatable bonds is 5. The van der Waals surface area contributed by atoms with Crippen LogP contribution in [0, 0.1) is 0 Å². The highest BCUT2D eigenvalue weighted by atomic mass is 32.1. The van der Waals surface area contributed by atoms with Crippen molar-refractivity contribution in [3.63, 3.8) is 0 Å². The van der Waals surface area contributed by atoms with Gasteiger partial charge in [-0.1, -0.05) is 6.07 Å². The van der Waals surface area contributed by atoms with Crippen LogP contribution in [0.15, 0.2) is 35.8 Å². The van der Waals surface area contributed by atoms with Gasteiger partial charge in [0.05, 0.1) is 5.69 Å². The first kappa shape index (κ1) is 12.7. The predicted octanol–water partition coefficient (Wildman–Crippen LogP) is 2.69. The molecule has 94 valence electrons. The van der Waals surface area contributed by atoms with Gasteiger partial charge in [-0.25, -0.2) is 4.79 Å². The molecule has 1 atom stereocenters. The average molecular weight is 262 g/mol. The average Bonchev–Trinajstić information content (AvgIpc) is 2.85. The van der Waals surface area contributed by atoms with Crippen LogP contribution < -0.4 is 5.32 Å². The molecule has 2 aromatic rings. The Morgan fingerprint density at radius 1 is 1.50 bits per heavy atom. The third kappa shape index (κ3) is 2.94. The minimum Gasteiger partial charge on any atom is -0.477 e. The summed E-state index contributed by atoms with van der Waals surface area (Å²) >= 11 is 1.25. The van der Waals surface area contributed by atoms with Crippen molar-refractivity contribution in [3.8, 4) is 0 Å². The Kier molecular flexibility index (Phi) is 4.07. The maximum absolute atomic E-state index is 11.0. The smallest absolute Gasteiger partial charge is 0.346 e. The second-order valence-electron chi connectivity index (χ2n) is 3.94. The van der Waals surface area contributed by atoms with Gasteiger partial charge in [0.1, 0.15) is 4.88 Å². The Morgan fingerprint density at radius 2 is 2.33 bits per heavy atom. The quantitative estimate of drug-likeness (QED) is 0.869. The summed E-state index contributed by atoms with van der Waals surface area (Å²) in [5, 5.41) is 14.1. The second-order valence-corrected chi connectivity index (χ2v) is 4.85. The van der Waals surface area contributed by atoms with E-state index < -0.39 is 5.97 Å². The third-order valence-corrected chi connectivity index (χ3v) is 3.62. The molecule has 0 saturated carbocycles. The Bertz CT molecular complexity index is 525. The standard InChI is InChI=1S/C13H14N2O2S/c1-9(11-4-2-3-6-14-11)15-8-10-5-7-18-12(10)13(16)17/h2-7,9,15H,8H2,1H3,(H,16,17). The van der Waals surface area contributed by atoms with Gasteiger partial charge >= 0.3 is 5.97 Å². The molecule has 0 fully saturated rings. The number of carbonyl (C=O) groups is 1. The van der Waals surface area contributed by atoms with E-state index in [0.29, 0.717) is 11.4 Å². The molecule has 2 heterocycles. The summed E-state index contributed by atoms with van der Waals surface area (Å²) in [5.41, 5.74) is 1.76. The van der Waals surface area contributed by atoms with E-state index >= 15 is 0 Å². The van der Waals surface area contributed by atoms with E-state index in [9.17, 15) is 4.79 Å². The predicted molar refractivity (Wildman–Crippen MR) is 70.8 cm³/mol. The van der Waals surface area contributed by atoms with Crippen LogP contribution in [0.3, 0.4) is 0 Å². The van der Waals surface area contributed by atoms with Gasteiger partial charge in [-0.3, -0.25) is 4.98 Å². The van der Waals surface area contributed by atoms with Gasteiger partial charge in [-0.15, -0.1) is 11.3 Å². The number of hydrogen-bond acceptors (Lipinski definition) is 4. The van der Waals surface area contributed by atoms with Gasteiger partial charge in [0.15, 0.2) is 0 Å². The number of hydrogen-bond donors (Lipinski definition) is 2. The van der Waals surface area contributed by atoms with Crippen LogP contribution in [-0.4, -0.2) is 16.1 Å². The summed E-state index contributed by atoms with van der Waals surface area (Å²) in [5.74, 6) is -0.868. The molecular weight excluding hydrogens is 248 g/mol. The largest absolute Gasteiger partial charge is 0.477 e. The number of carboxylic acid groups (broad SMARTS) is 1. The first-order valence-corrected chi connectivity index (χ1v) is 6.50. The molecule has 4 nitrogen and oxygen atoms in total. The Balaban J connectivity index is 1.99. The molecule has 0 radical (unpaired) electrons. The maximum Gasteiger partial charge on any atom is 0.346 e. The highest BCUT2D eigenvalue weighted by Crippen LogP contribution is 2.18. The lowest BCUT2D eigenvalue weighted by Gasteiger charge is -2.12. The van der Waals surface area contributed by atoms with Crippen molar-refractivity contribution in [2.24, 2.45) is 0 Å². The lowest BCUT2D eigenvalue weighted by Crippen LogP contribution is -2.19. The Labute approximate surface area is 109 Å². The number of aromatic carboxylic acids is 1. The van der Waals surface area contributed by atoms with Crippen LogP contribution in [0.5, 0.6) is 0 Å². The molecule has 0 aliphatic carbocycles. The molecule has 0 aliphatic heterocycles. The van der Waals surface area contributed by atoms with E-state index in [1.165, 1.54) is 11.3 Å². The van der Waals surface area contributed by atoms with Crippen molar-refractivity contribution >= 4 is 17.3 Å². The molecule has 2 rings (SSSR count). The molecule has 18 heavy (non-hydrogen) atoms. The first-order chi connectivity index (χ1) is 8.68. The number of carboxylic acids is 1. The number of thiophene rings is 1. The molecule has 0 spiro atoms. The van der Waals surface area contributed by atoms with Gasteiger partial charge in [-0.05, 0) is 36.1 Å². The highest BCUT2D eigenvalue weighted by molar-refractivity contribution is 7.12. The molecule has 0 aromatic carbocycles. The summed E-state index contributed by atoms with van der Waals surface area (Å²) in [7, 11) is 0. The van der Waals surface area contributed by atoms with Gasteiger partial charge < -0.3 is 10.4 Å². The van der Waals surface area contributed by atoms with Crippen molar-refractivity contribution in [2.45, 2.75) is 19.5 Å². The Hall–Kier alpha value is -1.72. The summed E-state index contributed by atoms with van der Waals surface area (Å²) < 4.78 is 0. The number of pyridine rings is 1. The van der Waals surface area contributed by atoms with Gasteiger partial charge in [0, 0.05) is 18.8 Å². The number of nitrogens with zero attached hydrogens (tertiary/aromatic N) is 1. The topological polar surface area (TPSA) is 62.2 Å². The van der Waals surface area contributed by atoms with E-state index in [4.69, 9.17) is 5.11 Å². The van der Waals surface area contributed by atoms with Gasteiger partial charge in [-0.2, -0.15) is 0 Å². The second kappa shape index (κ2) is 5.75. The van der Waals surface area contributed by atoms with E-state index in [1.807, 2.05) is 31.2 Å². The SMILES string of the molecule is CC(NCc1ccsc1C(=O)O)c1ccccn1. The van der Waals surface area contributed by atoms with Crippen molar-refractivity contribution in [1.82, 2.24) is 10.3 Å².